The molecule has 2 aromatic heterocycles. The van der Waals surface area contributed by atoms with E-state index in [1.165, 1.54) is 13.4 Å². The number of furan rings is 1. The molecule has 0 aromatic carbocycles. The molecule has 0 amide bonds. The van der Waals surface area contributed by atoms with Crippen LogP contribution in [-0.2, 0) is 4.74 Å². The Hall–Kier alpha value is -2.17. The number of rotatable bonds is 2. The van der Waals surface area contributed by atoms with Gasteiger partial charge in [-0.1, -0.05) is 0 Å². The summed E-state index contributed by atoms with van der Waals surface area (Å²) in [4.78, 5) is 18.8. The summed E-state index contributed by atoms with van der Waals surface area (Å²) in [7, 11) is 1.30. The van der Waals surface area contributed by atoms with Crippen LogP contribution in [0.2, 0.25) is 0 Å². The average Bonchev–Trinajstić information content (AvgIpc) is 2.78. The second-order valence-corrected chi connectivity index (χ2v) is 2.78. The van der Waals surface area contributed by atoms with Gasteiger partial charge in [0.15, 0.2) is 0 Å². The van der Waals surface area contributed by atoms with Crippen molar-refractivity contribution in [2.24, 2.45) is 0 Å². The Balaban J connectivity index is 2.32. The van der Waals surface area contributed by atoms with Gasteiger partial charge in [-0.05, 0) is 12.1 Å². The zero-order valence-corrected chi connectivity index (χ0v) is 8.01. The Morgan fingerprint density at radius 1 is 1.33 bits per heavy atom. The number of esters is 1. The van der Waals surface area contributed by atoms with Crippen LogP contribution in [0.3, 0.4) is 0 Å². The van der Waals surface area contributed by atoms with Gasteiger partial charge in [-0.2, -0.15) is 0 Å². The van der Waals surface area contributed by atoms with Crippen LogP contribution in [0.25, 0.3) is 11.3 Å². The van der Waals surface area contributed by atoms with Gasteiger partial charge in [-0.15, -0.1) is 0 Å². The Morgan fingerprint density at radius 2 is 2.07 bits per heavy atom. The first-order valence-corrected chi connectivity index (χ1v) is 4.25. The molecule has 0 aliphatic carbocycles. The van der Waals surface area contributed by atoms with Crippen molar-refractivity contribution in [1.82, 2.24) is 9.97 Å². The number of nitrogens with zero attached hydrogens (tertiary/aromatic N) is 2. The molecule has 0 saturated carbocycles. The topological polar surface area (TPSA) is 65.2 Å². The molecule has 15 heavy (non-hydrogen) atoms. The van der Waals surface area contributed by atoms with Crippen LogP contribution in [0, 0.1) is 0 Å². The van der Waals surface area contributed by atoms with Gasteiger partial charge in [0.25, 0.3) is 0 Å². The zero-order valence-electron chi connectivity index (χ0n) is 8.01. The Bertz CT molecular complexity index is 465. The van der Waals surface area contributed by atoms with Gasteiger partial charge in [-0.25, -0.2) is 14.8 Å². The second-order valence-electron chi connectivity index (χ2n) is 2.78. The summed E-state index contributed by atoms with van der Waals surface area (Å²) in [6, 6.07) is 3.22. The van der Waals surface area contributed by atoms with E-state index in [-0.39, 0.29) is 5.76 Å². The number of ether oxygens (including phenoxy) is 1. The molecule has 76 valence electrons. The number of aromatic nitrogens is 2. The maximum absolute atomic E-state index is 11.1. The lowest BCUT2D eigenvalue weighted by Crippen LogP contribution is -1.98. The molecule has 0 spiro atoms. The summed E-state index contributed by atoms with van der Waals surface area (Å²) >= 11 is 0. The highest BCUT2D eigenvalue weighted by Gasteiger charge is 2.11. The number of carbonyl (C=O) groups excluding carboxylic acids is 1. The minimum Gasteiger partial charge on any atom is -0.463 e. The second kappa shape index (κ2) is 3.91. The fourth-order valence-electron chi connectivity index (χ4n) is 1.13. The van der Waals surface area contributed by atoms with E-state index in [4.69, 9.17) is 4.42 Å². The van der Waals surface area contributed by atoms with Crippen LogP contribution in [0.4, 0.5) is 0 Å². The summed E-state index contributed by atoms with van der Waals surface area (Å²) in [5.41, 5.74) is 0.715. The maximum atomic E-state index is 11.1. The molecule has 0 N–H and O–H groups in total. The highest BCUT2D eigenvalue weighted by molar-refractivity contribution is 5.86. The third-order valence-electron chi connectivity index (χ3n) is 1.84. The third-order valence-corrected chi connectivity index (χ3v) is 1.84. The van der Waals surface area contributed by atoms with Gasteiger partial charge < -0.3 is 9.15 Å². The van der Waals surface area contributed by atoms with Crippen molar-refractivity contribution in [3.05, 3.63) is 36.6 Å². The van der Waals surface area contributed by atoms with Gasteiger partial charge in [0, 0.05) is 12.4 Å². The van der Waals surface area contributed by atoms with Crippen LogP contribution < -0.4 is 0 Å². The summed E-state index contributed by atoms with van der Waals surface area (Å²) in [6.07, 6.45) is 4.63. The summed E-state index contributed by atoms with van der Waals surface area (Å²) < 4.78 is 9.79. The van der Waals surface area contributed by atoms with E-state index < -0.39 is 5.97 Å². The van der Waals surface area contributed by atoms with E-state index in [1.54, 1.807) is 24.5 Å². The van der Waals surface area contributed by atoms with Crippen molar-refractivity contribution < 1.29 is 13.9 Å². The largest absolute Gasteiger partial charge is 0.463 e. The average molecular weight is 204 g/mol. The van der Waals surface area contributed by atoms with Crippen LogP contribution >= 0.6 is 0 Å². The Morgan fingerprint density at radius 3 is 2.73 bits per heavy atom. The molecule has 2 heterocycles. The van der Waals surface area contributed by atoms with E-state index >= 15 is 0 Å². The smallest absolute Gasteiger partial charge is 0.373 e. The normalized spacial score (nSPS) is 9.93. The van der Waals surface area contributed by atoms with E-state index in [2.05, 4.69) is 14.7 Å². The third kappa shape index (κ3) is 1.85. The van der Waals surface area contributed by atoms with E-state index in [0.29, 0.717) is 11.3 Å². The fourth-order valence-corrected chi connectivity index (χ4v) is 1.13. The van der Waals surface area contributed by atoms with Crippen molar-refractivity contribution in [3.63, 3.8) is 0 Å². The Labute approximate surface area is 85.7 Å². The van der Waals surface area contributed by atoms with Crippen molar-refractivity contribution in [1.29, 1.82) is 0 Å². The predicted octanol–water partition coefficient (Wildman–Crippen LogP) is 1.52. The molecule has 0 saturated heterocycles. The standard InChI is InChI=1S/C10H8N2O3/c1-14-10(13)9-3-2-8(15-9)7-4-11-6-12-5-7/h2-6H,1H3. The molecule has 5 nitrogen and oxygen atoms in total. The number of methoxy groups -OCH3 is 1. The summed E-state index contributed by atoms with van der Waals surface area (Å²) in [5.74, 6) is 0.199. The molecule has 2 rings (SSSR count). The zero-order chi connectivity index (χ0) is 10.7. The van der Waals surface area contributed by atoms with Gasteiger partial charge in [0.05, 0.1) is 12.7 Å². The quantitative estimate of drug-likeness (QED) is 0.694. The van der Waals surface area contributed by atoms with Crippen molar-refractivity contribution in [3.8, 4) is 11.3 Å². The van der Waals surface area contributed by atoms with Gasteiger partial charge in [0.1, 0.15) is 12.1 Å². The fraction of sp³-hybridized carbons (Fsp3) is 0.100. The lowest BCUT2D eigenvalue weighted by molar-refractivity contribution is 0.0566. The molecular formula is C10H8N2O3. The first kappa shape index (κ1) is 9.39. The minimum absolute atomic E-state index is 0.163. The van der Waals surface area contributed by atoms with Crippen LogP contribution in [0.15, 0.2) is 35.3 Å². The lowest BCUT2D eigenvalue weighted by atomic mass is 10.3. The lowest BCUT2D eigenvalue weighted by Gasteiger charge is -1.94. The van der Waals surface area contributed by atoms with Gasteiger partial charge >= 0.3 is 5.97 Å². The number of hydrogen-bond donors (Lipinski definition) is 0. The van der Waals surface area contributed by atoms with Crippen LogP contribution in [0.1, 0.15) is 10.6 Å². The summed E-state index contributed by atoms with van der Waals surface area (Å²) in [6.45, 7) is 0. The van der Waals surface area contributed by atoms with Crippen molar-refractivity contribution >= 4 is 5.97 Å². The summed E-state index contributed by atoms with van der Waals surface area (Å²) in [5, 5.41) is 0. The SMILES string of the molecule is COC(=O)c1ccc(-c2cncnc2)o1. The monoisotopic (exact) mass is 204 g/mol. The van der Waals surface area contributed by atoms with Crippen molar-refractivity contribution in [2.45, 2.75) is 0 Å². The molecular weight excluding hydrogens is 196 g/mol. The van der Waals surface area contributed by atoms with E-state index in [9.17, 15) is 4.79 Å². The molecule has 5 heteroatoms. The van der Waals surface area contributed by atoms with Gasteiger partial charge in [-0.3, -0.25) is 0 Å². The molecule has 0 radical (unpaired) electrons. The first-order chi connectivity index (χ1) is 7.31. The molecule has 0 aliphatic rings. The van der Waals surface area contributed by atoms with E-state index in [1.807, 2.05) is 0 Å². The van der Waals surface area contributed by atoms with Crippen LogP contribution in [0.5, 0.6) is 0 Å². The Kier molecular flexibility index (Phi) is 2.45. The molecule has 0 atom stereocenters. The minimum atomic E-state index is -0.502. The molecule has 0 aliphatic heterocycles. The first-order valence-electron chi connectivity index (χ1n) is 4.25. The van der Waals surface area contributed by atoms with Gasteiger partial charge in [0.2, 0.25) is 5.76 Å². The van der Waals surface area contributed by atoms with Crippen molar-refractivity contribution in [2.75, 3.05) is 7.11 Å². The molecule has 0 bridgehead atoms. The highest BCUT2D eigenvalue weighted by atomic mass is 16.5. The number of carbonyl (C=O) groups is 1. The molecule has 0 unspecified atom stereocenters. The van der Waals surface area contributed by atoms with E-state index in [0.717, 1.165) is 0 Å². The highest BCUT2D eigenvalue weighted by Crippen LogP contribution is 2.20. The molecule has 0 fully saturated rings. The predicted molar refractivity (Wildman–Crippen MR) is 51.1 cm³/mol. The molecule has 2 aromatic rings. The van der Waals surface area contributed by atoms with Crippen LogP contribution in [-0.4, -0.2) is 23.0 Å². The number of hydrogen-bond acceptors (Lipinski definition) is 5. The maximum Gasteiger partial charge on any atom is 0.373 e.